The van der Waals surface area contributed by atoms with E-state index in [0.717, 1.165) is 12.8 Å². The molecule has 0 atom stereocenters. The van der Waals surface area contributed by atoms with Gasteiger partial charge in [0.25, 0.3) is 0 Å². The molecule has 0 aliphatic rings. The largest absolute Gasteiger partial charge is 0.103 e. The Balaban J connectivity index is 3.30. The smallest absolute Gasteiger partial charge is 0.0345 e. The SMILES string of the molecule is C=CCCCC=CC=CC=CC. The summed E-state index contributed by atoms with van der Waals surface area (Å²) in [5, 5.41) is 0. The van der Waals surface area contributed by atoms with E-state index in [1.54, 1.807) is 0 Å². The van der Waals surface area contributed by atoms with Crippen LogP contribution in [0.3, 0.4) is 0 Å². The zero-order chi connectivity index (χ0) is 9.07. The third-order valence-corrected chi connectivity index (χ3v) is 1.44. The Morgan fingerprint density at radius 3 is 2.42 bits per heavy atom. The molecule has 0 saturated carbocycles. The first-order valence-corrected chi connectivity index (χ1v) is 4.47. The van der Waals surface area contributed by atoms with Gasteiger partial charge >= 0.3 is 0 Å². The average Bonchev–Trinajstić information content (AvgIpc) is 2.10. The predicted molar refractivity (Wildman–Crippen MR) is 57.1 cm³/mol. The lowest BCUT2D eigenvalue weighted by atomic mass is 10.2. The summed E-state index contributed by atoms with van der Waals surface area (Å²) in [6, 6.07) is 0. The van der Waals surface area contributed by atoms with E-state index in [9.17, 15) is 0 Å². The Morgan fingerprint density at radius 1 is 1.00 bits per heavy atom. The molecule has 0 heterocycles. The molecular formula is C12H18. The summed E-state index contributed by atoms with van der Waals surface area (Å²) in [4.78, 5) is 0. The van der Waals surface area contributed by atoms with E-state index in [2.05, 4.69) is 18.7 Å². The van der Waals surface area contributed by atoms with Crippen LogP contribution in [0, 0.1) is 0 Å². The van der Waals surface area contributed by atoms with E-state index < -0.39 is 0 Å². The number of hydrogen-bond acceptors (Lipinski definition) is 0. The third-order valence-electron chi connectivity index (χ3n) is 1.44. The number of unbranched alkanes of at least 4 members (excludes halogenated alkanes) is 2. The standard InChI is InChI=1S/C12H18/c1-3-5-7-9-11-12-10-8-6-4-2/h3-4,6,8,10-12H,1,5,7,9H2,2H3. The highest BCUT2D eigenvalue weighted by molar-refractivity contribution is 5.10. The molecule has 0 nitrogen and oxygen atoms in total. The lowest BCUT2D eigenvalue weighted by molar-refractivity contribution is 0.870. The molecule has 0 saturated heterocycles. The maximum absolute atomic E-state index is 3.67. The van der Waals surface area contributed by atoms with Crippen molar-refractivity contribution < 1.29 is 0 Å². The van der Waals surface area contributed by atoms with Crippen molar-refractivity contribution in [1.29, 1.82) is 0 Å². The second-order valence-corrected chi connectivity index (χ2v) is 2.56. The fraction of sp³-hybridized carbons (Fsp3) is 0.333. The van der Waals surface area contributed by atoms with E-state index in [1.807, 2.05) is 37.3 Å². The van der Waals surface area contributed by atoms with Crippen molar-refractivity contribution in [3.8, 4) is 0 Å². The van der Waals surface area contributed by atoms with Gasteiger partial charge in [-0.25, -0.2) is 0 Å². The molecule has 0 spiro atoms. The molecule has 0 aliphatic heterocycles. The van der Waals surface area contributed by atoms with Gasteiger partial charge in [0.15, 0.2) is 0 Å². The predicted octanol–water partition coefficient (Wildman–Crippen LogP) is 4.03. The van der Waals surface area contributed by atoms with E-state index in [0.29, 0.717) is 0 Å². The molecule has 0 aromatic carbocycles. The minimum absolute atomic E-state index is 1.11. The van der Waals surface area contributed by atoms with Gasteiger partial charge in [-0.15, -0.1) is 6.58 Å². The Morgan fingerprint density at radius 2 is 1.75 bits per heavy atom. The van der Waals surface area contributed by atoms with Gasteiger partial charge < -0.3 is 0 Å². The molecule has 0 radical (unpaired) electrons. The highest BCUT2D eigenvalue weighted by atomic mass is 13.8. The Hall–Kier alpha value is -1.04. The minimum atomic E-state index is 1.11. The fourth-order valence-corrected chi connectivity index (χ4v) is 0.794. The highest BCUT2D eigenvalue weighted by Crippen LogP contribution is 1.96. The molecule has 0 fully saturated rings. The zero-order valence-corrected chi connectivity index (χ0v) is 7.87. The van der Waals surface area contributed by atoms with Gasteiger partial charge in [-0.1, -0.05) is 42.5 Å². The summed E-state index contributed by atoms with van der Waals surface area (Å²) in [6.07, 6.45) is 17.8. The molecule has 66 valence electrons. The van der Waals surface area contributed by atoms with Crippen molar-refractivity contribution in [2.45, 2.75) is 26.2 Å². The van der Waals surface area contributed by atoms with Crippen LogP contribution in [0.4, 0.5) is 0 Å². The fourth-order valence-electron chi connectivity index (χ4n) is 0.794. The molecule has 0 N–H and O–H groups in total. The number of hydrogen-bond donors (Lipinski definition) is 0. The first-order valence-electron chi connectivity index (χ1n) is 4.47. The summed E-state index contributed by atoms with van der Waals surface area (Å²) in [7, 11) is 0. The normalized spacial score (nSPS) is 12.1. The number of allylic oxidation sites excluding steroid dienone is 7. The average molecular weight is 162 g/mol. The van der Waals surface area contributed by atoms with Gasteiger partial charge in [0.1, 0.15) is 0 Å². The van der Waals surface area contributed by atoms with Crippen LogP contribution >= 0.6 is 0 Å². The second kappa shape index (κ2) is 9.96. The topological polar surface area (TPSA) is 0 Å². The van der Waals surface area contributed by atoms with Crippen molar-refractivity contribution in [1.82, 2.24) is 0 Å². The molecule has 0 aromatic heterocycles. The van der Waals surface area contributed by atoms with Crippen molar-refractivity contribution in [3.05, 3.63) is 49.1 Å². The van der Waals surface area contributed by atoms with Crippen molar-refractivity contribution in [2.24, 2.45) is 0 Å². The minimum Gasteiger partial charge on any atom is -0.103 e. The molecule has 0 rings (SSSR count). The van der Waals surface area contributed by atoms with Crippen LogP contribution in [0.2, 0.25) is 0 Å². The van der Waals surface area contributed by atoms with Gasteiger partial charge in [0.05, 0.1) is 0 Å². The van der Waals surface area contributed by atoms with E-state index in [-0.39, 0.29) is 0 Å². The lowest BCUT2D eigenvalue weighted by Crippen LogP contribution is -1.66. The van der Waals surface area contributed by atoms with E-state index in [4.69, 9.17) is 0 Å². The summed E-state index contributed by atoms with van der Waals surface area (Å²) < 4.78 is 0. The first kappa shape index (κ1) is 11.0. The molecular weight excluding hydrogens is 144 g/mol. The molecule has 0 aromatic rings. The quantitative estimate of drug-likeness (QED) is 0.314. The van der Waals surface area contributed by atoms with Crippen molar-refractivity contribution in [3.63, 3.8) is 0 Å². The van der Waals surface area contributed by atoms with Gasteiger partial charge in [-0.3, -0.25) is 0 Å². The van der Waals surface area contributed by atoms with Gasteiger partial charge in [-0.05, 0) is 26.2 Å². The van der Waals surface area contributed by atoms with Crippen LogP contribution in [0.5, 0.6) is 0 Å². The van der Waals surface area contributed by atoms with Gasteiger partial charge in [-0.2, -0.15) is 0 Å². The van der Waals surface area contributed by atoms with E-state index >= 15 is 0 Å². The Bertz CT molecular complexity index is 170. The van der Waals surface area contributed by atoms with Crippen LogP contribution < -0.4 is 0 Å². The lowest BCUT2D eigenvalue weighted by Gasteiger charge is -1.86. The van der Waals surface area contributed by atoms with Gasteiger partial charge in [0, 0.05) is 0 Å². The third kappa shape index (κ3) is 8.96. The summed E-state index contributed by atoms with van der Waals surface area (Å²) in [5.74, 6) is 0. The molecule has 0 aliphatic carbocycles. The second-order valence-electron chi connectivity index (χ2n) is 2.56. The summed E-state index contributed by atoms with van der Waals surface area (Å²) >= 11 is 0. The molecule has 12 heavy (non-hydrogen) atoms. The van der Waals surface area contributed by atoms with Crippen LogP contribution in [0.25, 0.3) is 0 Å². The van der Waals surface area contributed by atoms with Crippen molar-refractivity contribution in [2.75, 3.05) is 0 Å². The molecule has 0 unspecified atom stereocenters. The van der Waals surface area contributed by atoms with Crippen LogP contribution in [0.1, 0.15) is 26.2 Å². The molecule has 0 heteroatoms. The zero-order valence-electron chi connectivity index (χ0n) is 7.87. The molecule has 0 amide bonds. The highest BCUT2D eigenvalue weighted by Gasteiger charge is 1.76. The monoisotopic (exact) mass is 162 g/mol. The number of rotatable bonds is 6. The summed E-state index contributed by atoms with van der Waals surface area (Å²) in [6.45, 7) is 5.68. The summed E-state index contributed by atoms with van der Waals surface area (Å²) in [5.41, 5.74) is 0. The van der Waals surface area contributed by atoms with Crippen LogP contribution in [0.15, 0.2) is 49.1 Å². The van der Waals surface area contributed by atoms with Gasteiger partial charge in [0.2, 0.25) is 0 Å². The Kier molecular flexibility index (Phi) is 9.10. The maximum atomic E-state index is 3.67. The Labute approximate surface area is 76.0 Å². The van der Waals surface area contributed by atoms with Crippen LogP contribution in [-0.4, -0.2) is 0 Å². The first-order chi connectivity index (χ1) is 5.91. The van der Waals surface area contributed by atoms with Crippen LogP contribution in [-0.2, 0) is 0 Å². The maximum Gasteiger partial charge on any atom is -0.0345 e. The van der Waals surface area contributed by atoms with Crippen molar-refractivity contribution >= 4 is 0 Å². The van der Waals surface area contributed by atoms with E-state index in [1.165, 1.54) is 6.42 Å². The molecule has 0 bridgehead atoms.